The molecule has 0 bridgehead atoms. The van der Waals surface area contributed by atoms with E-state index in [0.29, 0.717) is 13.1 Å². The first-order valence-corrected chi connectivity index (χ1v) is 6.35. The number of hydrogen-bond acceptors (Lipinski definition) is 3. The summed E-state index contributed by atoms with van der Waals surface area (Å²) in [6.45, 7) is 6.80. The lowest BCUT2D eigenvalue weighted by Crippen LogP contribution is -2.35. The van der Waals surface area contributed by atoms with Gasteiger partial charge in [-0.3, -0.25) is 4.79 Å². The van der Waals surface area contributed by atoms with E-state index in [2.05, 4.69) is 0 Å². The van der Waals surface area contributed by atoms with Gasteiger partial charge in [0.05, 0.1) is 10.5 Å². The molecule has 0 radical (unpaired) electrons. The van der Waals surface area contributed by atoms with Gasteiger partial charge in [0, 0.05) is 19.0 Å². The predicted octanol–water partition coefficient (Wildman–Crippen LogP) is 1.90. The van der Waals surface area contributed by atoms with Gasteiger partial charge in [0.15, 0.2) is 0 Å². The SMILES string of the molecule is Cc1ccsc1C(=O)N1C[C@H](C)[C@](C)(O)C1. The lowest BCUT2D eigenvalue weighted by Gasteiger charge is -2.20. The zero-order valence-corrected chi connectivity index (χ0v) is 10.7. The third kappa shape index (κ3) is 1.87. The van der Waals surface area contributed by atoms with Crippen LogP contribution in [0.15, 0.2) is 11.4 Å². The number of carbonyl (C=O) groups is 1. The number of likely N-dealkylation sites (tertiary alicyclic amines) is 1. The highest BCUT2D eigenvalue weighted by atomic mass is 32.1. The van der Waals surface area contributed by atoms with Gasteiger partial charge in [0.1, 0.15) is 0 Å². The molecule has 1 aromatic rings. The lowest BCUT2D eigenvalue weighted by atomic mass is 9.95. The molecule has 0 unspecified atom stereocenters. The van der Waals surface area contributed by atoms with Gasteiger partial charge >= 0.3 is 0 Å². The number of amides is 1. The Morgan fingerprint density at radius 1 is 1.69 bits per heavy atom. The van der Waals surface area contributed by atoms with Crippen molar-refractivity contribution in [3.8, 4) is 0 Å². The first-order chi connectivity index (χ1) is 7.42. The van der Waals surface area contributed by atoms with Crippen LogP contribution >= 0.6 is 11.3 Å². The molecule has 16 heavy (non-hydrogen) atoms. The summed E-state index contributed by atoms with van der Waals surface area (Å²) in [7, 11) is 0. The Hall–Kier alpha value is -0.870. The van der Waals surface area contributed by atoms with Gasteiger partial charge in [-0.15, -0.1) is 11.3 Å². The van der Waals surface area contributed by atoms with Gasteiger partial charge in [-0.25, -0.2) is 0 Å². The van der Waals surface area contributed by atoms with Crippen molar-refractivity contribution in [2.75, 3.05) is 13.1 Å². The van der Waals surface area contributed by atoms with Crippen molar-refractivity contribution in [2.24, 2.45) is 5.92 Å². The van der Waals surface area contributed by atoms with Crippen molar-refractivity contribution < 1.29 is 9.90 Å². The Morgan fingerprint density at radius 3 is 2.81 bits per heavy atom. The fraction of sp³-hybridized carbons (Fsp3) is 0.583. The Morgan fingerprint density at radius 2 is 2.38 bits per heavy atom. The van der Waals surface area contributed by atoms with E-state index in [4.69, 9.17) is 0 Å². The molecule has 1 aliphatic rings. The monoisotopic (exact) mass is 239 g/mol. The minimum Gasteiger partial charge on any atom is -0.388 e. The molecule has 2 atom stereocenters. The fourth-order valence-electron chi connectivity index (χ4n) is 2.02. The Labute approximate surface area is 99.7 Å². The van der Waals surface area contributed by atoms with Crippen molar-refractivity contribution in [3.05, 3.63) is 21.9 Å². The molecular weight excluding hydrogens is 222 g/mol. The second-order valence-corrected chi connectivity index (χ2v) is 5.79. The van der Waals surface area contributed by atoms with E-state index < -0.39 is 5.60 Å². The van der Waals surface area contributed by atoms with E-state index in [-0.39, 0.29) is 11.8 Å². The molecule has 0 aromatic carbocycles. The summed E-state index contributed by atoms with van der Waals surface area (Å²) in [6.07, 6.45) is 0. The van der Waals surface area contributed by atoms with Crippen molar-refractivity contribution in [2.45, 2.75) is 26.4 Å². The zero-order valence-electron chi connectivity index (χ0n) is 9.86. The quantitative estimate of drug-likeness (QED) is 0.813. The molecule has 1 saturated heterocycles. The molecule has 0 spiro atoms. The molecule has 2 rings (SSSR count). The minimum atomic E-state index is -0.749. The number of nitrogens with zero attached hydrogens (tertiary/aromatic N) is 1. The summed E-state index contributed by atoms with van der Waals surface area (Å²) in [4.78, 5) is 14.7. The van der Waals surface area contributed by atoms with Gasteiger partial charge in [-0.2, -0.15) is 0 Å². The first kappa shape index (κ1) is 11.6. The molecule has 2 heterocycles. The lowest BCUT2D eigenvalue weighted by molar-refractivity contribution is 0.0352. The summed E-state index contributed by atoms with van der Waals surface area (Å²) in [5.41, 5.74) is 0.273. The number of hydrogen-bond donors (Lipinski definition) is 1. The van der Waals surface area contributed by atoms with Crippen molar-refractivity contribution in [1.82, 2.24) is 4.90 Å². The highest BCUT2D eigenvalue weighted by molar-refractivity contribution is 7.12. The van der Waals surface area contributed by atoms with Gasteiger partial charge in [-0.1, -0.05) is 6.92 Å². The third-order valence-electron chi connectivity index (χ3n) is 3.41. The molecule has 1 N–H and O–H groups in total. The zero-order chi connectivity index (χ0) is 11.9. The average Bonchev–Trinajstić information content (AvgIpc) is 2.71. The van der Waals surface area contributed by atoms with Crippen LogP contribution in [0.3, 0.4) is 0 Å². The molecular formula is C12H17NO2S. The van der Waals surface area contributed by atoms with Crippen molar-refractivity contribution >= 4 is 17.2 Å². The van der Waals surface area contributed by atoms with E-state index in [9.17, 15) is 9.90 Å². The highest BCUT2D eigenvalue weighted by Crippen LogP contribution is 2.29. The third-order valence-corrected chi connectivity index (χ3v) is 4.41. The number of carbonyl (C=O) groups excluding carboxylic acids is 1. The van der Waals surface area contributed by atoms with E-state index in [1.54, 1.807) is 11.8 Å². The fourth-order valence-corrected chi connectivity index (χ4v) is 2.92. The molecule has 0 aliphatic carbocycles. The van der Waals surface area contributed by atoms with Crippen molar-refractivity contribution in [3.63, 3.8) is 0 Å². The molecule has 1 amide bonds. The van der Waals surface area contributed by atoms with Gasteiger partial charge in [0.2, 0.25) is 0 Å². The standard InChI is InChI=1S/C12H17NO2S/c1-8-4-5-16-10(8)11(14)13-6-9(2)12(3,15)7-13/h4-5,9,15H,6-7H2,1-3H3/t9-,12+/m0/s1. The van der Waals surface area contributed by atoms with Crippen LogP contribution in [-0.2, 0) is 0 Å². The number of rotatable bonds is 1. The number of β-amino-alcohol motifs (C(OH)–C–C–N with tert-alkyl or cyclic N) is 1. The van der Waals surface area contributed by atoms with Crippen LogP contribution in [-0.4, -0.2) is 34.6 Å². The van der Waals surface area contributed by atoms with Gasteiger partial charge in [-0.05, 0) is 30.9 Å². The highest BCUT2D eigenvalue weighted by Gasteiger charge is 2.41. The number of aryl methyl sites for hydroxylation is 1. The first-order valence-electron chi connectivity index (χ1n) is 5.47. The van der Waals surface area contributed by atoms with E-state index >= 15 is 0 Å². The summed E-state index contributed by atoms with van der Waals surface area (Å²) in [6, 6.07) is 1.95. The Kier molecular flexibility index (Phi) is 2.80. The maximum atomic E-state index is 12.2. The number of aliphatic hydroxyl groups is 1. The average molecular weight is 239 g/mol. The molecule has 3 nitrogen and oxygen atoms in total. The predicted molar refractivity (Wildman–Crippen MR) is 64.7 cm³/mol. The normalized spacial score (nSPS) is 29.8. The maximum Gasteiger partial charge on any atom is 0.264 e. The molecule has 4 heteroatoms. The largest absolute Gasteiger partial charge is 0.388 e. The van der Waals surface area contributed by atoms with E-state index in [0.717, 1.165) is 10.4 Å². The summed E-state index contributed by atoms with van der Waals surface area (Å²) in [5, 5.41) is 12.0. The molecule has 1 aromatic heterocycles. The van der Waals surface area contributed by atoms with Crippen LogP contribution < -0.4 is 0 Å². The molecule has 1 aliphatic heterocycles. The molecule has 88 valence electrons. The van der Waals surface area contributed by atoms with Gasteiger partial charge < -0.3 is 10.0 Å². The molecule has 1 fully saturated rings. The number of thiophene rings is 1. The van der Waals surface area contributed by atoms with Crippen LogP contribution in [0.1, 0.15) is 29.1 Å². The van der Waals surface area contributed by atoms with E-state index in [1.165, 1.54) is 11.3 Å². The topological polar surface area (TPSA) is 40.5 Å². The van der Waals surface area contributed by atoms with Gasteiger partial charge in [0.25, 0.3) is 5.91 Å². The van der Waals surface area contributed by atoms with Crippen LogP contribution in [0, 0.1) is 12.8 Å². The van der Waals surface area contributed by atoms with E-state index in [1.807, 2.05) is 25.3 Å². The maximum absolute atomic E-state index is 12.2. The molecule has 0 saturated carbocycles. The Balaban J connectivity index is 2.17. The second-order valence-electron chi connectivity index (χ2n) is 4.88. The van der Waals surface area contributed by atoms with Crippen LogP contribution in [0.25, 0.3) is 0 Å². The second kappa shape index (κ2) is 3.86. The summed E-state index contributed by atoms with van der Waals surface area (Å²) < 4.78 is 0. The van der Waals surface area contributed by atoms with Crippen LogP contribution in [0.4, 0.5) is 0 Å². The smallest absolute Gasteiger partial charge is 0.264 e. The minimum absolute atomic E-state index is 0.0529. The Bertz CT molecular complexity index is 411. The summed E-state index contributed by atoms with van der Waals surface area (Å²) >= 11 is 1.47. The van der Waals surface area contributed by atoms with Crippen LogP contribution in [0.2, 0.25) is 0 Å². The summed E-state index contributed by atoms with van der Waals surface area (Å²) in [5.74, 6) is 0.189. The van der Waals surface area contributed by atoms with Crippen molar-refractivity contribution in [1.29, 1.82) is 0 Å². The van der Waals surface area contributed by atoms with Crippen LogP contribution in [0.5, 0.6) is 0 Å².